The fourth-order valence-electron chi connectivity index (χ4n) is 5.11. The summed E-state index contributed by atoms with van der Waals surface area (Å²) in [6, 6.07) is 20.3. The molecule has 0 spiro atoms. The van der Waals surface area contributed by atoms with Crippen LogP contribution < -0.4 is 10.1 Å². The van der Waals surface area contributed by atoms with Crippen LogP contribution in [0, 0.1) is 0 Å². The van der Waals surface area contributed by atoms with Crippen molar-refractivity contribution in [3.63, 3.8) is 0 Å². The Morgan fingerprint density at radius 1 is 1.00 bits per heavy atom. The van der Waals surface area contributed by atoms with Crippen molar-refractivity contribution >= 4 is 0 Å². The van der Waals surface area contributed by atoms with Crippen LogP contribution in [0.2, 0.25) is 0 Å². The number of aliphatic hydroxyl groups is 1. The van der Waals surface area contributed by atoms with Gasteiger partial charge in [0.25, 0.3) is 0 Å². The Bertz CT molecular complexity index is 776. The third kappa shape index (κ3) is 8.13. The highest BCUT2D eigenvalue weighted by atomic mass is 16.5. The van der Waals surface area contributed by atoms with E-state index in [0.29, 0.717) is 18.7 Å². The van der Waals surface area contributed by atoms with Crippen LogP contribution in [0.5, 0.6) is 5.75 Å². The Labute approximate surface area is 201 Å². The van der Waals surface area contributed by atoms with E-state index in [1.54, 1.807) is 0 Å². The zero-order valence-corrected chi connectivity index (χ0v) is 20.7. The van der Waals surface area contributed by atoms with Gasteiger partial charge in [-0.05, 0) is 57.2 Å². The van der Waals surface area contributed by atoms with Gasteiger partial charge >= 0.3 is 0 Å². The van der Waals surface area contributed by atoms with E-state index in [9.17, 15) is 5.11 Å². The number of aliphatic hydroxyl groups excluding tert-OH is 1. The van der Waals surface area contributed by atoms with E-state index in [2.05, 4.69) is 65.7 Å². The number of rotatable bonds is 14. The molecule has 2 unspecified atom stereocenters. The van der Waals surface area contributed by atoms with Gasteiger partial charge in [0, 0.05) is 30.7 Å². The molecule has 2 aromatic rings. The Hall–Kier alpha value is -1.88. The lowest BCUT2D eigenvalue weighted by atomic mass is 9.91. The molecule has 182 valence electrons. The molecular weight excluding hydrogens is 408 g/mol. The molecule has 0 aromatic heterocycles. The SMILES string of the molecule is CCOc1ccccc1CNCC(c1ccccc1)N(CCCC(O)CC)C1CCCCC1. The maximum absolute atomic E-state index is 10.1. The number of nitrogens with one attached hydrogen (secondary N) is 1. The van der Waals surface area contributed by atoms with Gasteiger partial charge in [0.15, 0.2) is 0 Å². The largest absolute Gasteiger partial charge is 0.494 e. The fraction of sp³-hybridized carbons (Fsp3) is 0.586. The molecule has 2 N–H and O–H groups in total. The van der Waals surface area contributed by atoms with Crippen molar-refractivity contribution in [3.05, 3.63) is 65.7 Å². The molecule has 0 amide bonds. The van der Waals surface area contributed by atoms with Crippen LogP contribution in [0.4, 0.5) is 0 Å². The molecule has 3 rings (SSSR count). The number of ether oxygens (including phenoxy) is 1. The minimum absolute atomic E-state index is 0.179. The monoisotopic (exact) mass is 452 g/mol. The lowest BCUT2D eigenvalue weighted by Gasteiger charge is -2.41. The van der Waals surface area contributed by atoms with Crippen molar-refractivity contribution in [3.8, 4) is 5.75 Å². The first-order valence-electron chi connectivity index (χ1n) is 13.1. The van der Waals surface area contributed by atoms with Crippen LogP contribution in [0.15, 0.2) is 54.6 Å². The molecule has 0 bridgehead atoms. The first-order valence-corrected chi connectivity index (χ1v) is 13.1. The van der Waals surface area contributed by atoms with E-state index >= 15 is 0 Å². The number of hydrogen-bond donors (Lipinski definition) is 2. The second-order valence-electron chi connectivity index (χ2n) is 9.33. The van der Waals surface area contributed by atoms with E-state index in [1.807, 2.05) is 13.0 Å². The number of nitrogens with zero attached hydrogens (tertiary/aromatic N) is 1. The van der Waals surface area contributed by atoms with E-state index in [0.717, 1.165) is 44.6 Å². The molecule has 0 saturated heterocycles. The van der Waals surface area contributed by atoms with E-state index < -0.39 is 0 Å². The first-order chi connectivity index (χ1) is 16.2. The van der Waals surface area contributed by atoms with E-state index in [1.165, 1.54) is 43.2 Å². The number of hydrogen-bond acceptors (Lipinski definition) is 4. The lowest BCUT2D eigenvalue weighted by molar-refractivity contribution is 0.0887. The Morgan fingerprint density at radius 3 is 2.45 bits per heavy atom. The average Bonchev–Trinajstić information content (AvgIpc) is 2.87. The van der Waals surface area contributed by atoms with Gasteiger partial charge in [-0.1, -0.05) is 74.7 Å². The standard InChI is InChI=1S/C29H44N2O2/c1-3-27(32)19-13-21-31(26-17-9-6-10-18-26)28(24-14-7-5-8-15-24)23-30-22-25-16-11-12-20-29(25)33-4-2/h5,7-8,11-12,14-16,20,26-28,30,32H,3-4,6,9-10,13,17-19,21-23H2,1-2H3. The fourth-order valence-corrected chi connectivity index (χ4v) is 5.11. The molecule has 1 saturated carbocycles. The third-order valence-corrected chi connectivity index (χ3v) is 6.98. The van der Waals surface area contributed by atoms with Crippen LogP contribution in [0.3, 0.4) is 0 Å². The van der Waals surface area contributed by atoms with Gasteiger partial charge in [-0.25, -0.2) is 0 Å². The summed E-state index contributed by atoms with van der Waals surface area (Å²) in [6.45, 7) is 7.53. The first kappa shape index (κ1) is 25.7. The molecule has 0 aliphatic heterocycles. The molecular formula is C29H44N2O2. The maximum atomic E-state index is 10.1. The highest BCUT2D eigenvalue weighted by Crippen LogP contribution is 2.31. The second-order valence-corrected chi connectivity index (χ2v) is 9.33. The zero-order chi connectivity index (χ0) is 23.3. The molecule has 33 heavy (non-hydrogen) atoms. The number of benzene rings is 2. The summed E-state index contributed by atoms with van der Waals surface area (Å²) in [6.07, 6.45) is 9.18. The molecule has 0 heterocycles. The highest BCUT2D eigenvalue weighted by molar-refractivity contribution is 5.33. The molecule has 0 radical (unpaired) electrons. The predicted octanol–water partition coefficient (Wildman–Crippen LogP) is 6.10. The third-order valence-electron chi connectivity index (χ3n) is 6.98. The molecule has 4 nitrogen and oxygen atoms in total. The summed E-state index contributed by atoms with van der Waals surface area (Å²) >= 11 is 0. The van der Waals surface area contributed by atoms with Gasteiger partial charge in [0.1, 0.15) is 5.75 Å². The van der Waals surface area contributed by atoms with Crippen LogP contribution in [0.1, 0.15) is 82.4 Å². The minimum Gasteiger partial charge on any atom is -0.494 e. The maximum Gasteiger partial charge on any atom is 0.123 e. The Morgan fingerprint density at radius 2 is 1.73 bits per heavy atom. The molecule has 2 aromatic carbocycles. The van der Waals surface area contributed by atoms with Crippen LogP contribution in [-0.2, 0) is 6.54 Å². The highest BCUT2D eigenvalue weighted by Gasteiger charge is 2.28. The summed E-state index contributed by atoms with van der Waals surface area (Å²) in [5, 5.41) is 13.9. The van der Waals surface area contributed by atoms with Crippen LogP contribution in [0.25, 0.3) is 0 Å². The van der Waals surface area contributed by atoms with Crippen molar-refractivity contribution in [2.24, 2.45) is 0 Å². The van der Waals surface area contributed by atoms with Crippen molar-refractivity contribution in [2.45, 2.75) is 89.9 Å². The van der Waals surface area contributed by atoms with E-state index in [-0.39, 0.29) is 6.10 Å². The van der Waals surface area contributed by atoms with Crippen LogP contribution >= 0.6 is 0 Å². The van der Waals surface area contributed by atoms with E-state index in [4.69, 9.17) is 4.74 Å². The van der Waals surface area contributed by atoms with Gasteiger partial charge in [0.05, 0.1) is 12.7 Å². The summed E-state index contributed by atoms with van der Waals surface area (Å²) in [5.74, 6) is 0.974. The molecule has 1 fully saturated rings. The summed E-state index contributed by atoms with van der Waals surface area (Å²) in [5.41, 5.74) is 2.59. The quantitative estimate of drug-likeness (QED) is 0.363. The summed E-state index contributed by atoms with van der Waals surface area (Å²) < 4.78 is 5.83. The number of para-hydroxylation sites is 1. The lowest BCUT2D eigenvalue weighted by Crippen LogP contribution is -2.44. The topological polar surface area (TPSA) is 44.7 Å². The molecule has 1 aliphatic carbocycles. The van der Waals surface area contributed by atoms with Crippen LogP contribution in [-0.4, -0.2) is 41.8 Å². The van der Waals surface area contributed by atoms with Crippen molar-refractivity contribution < 1.29 is 9.84 Å². The Balaban J connectivity index is 1.74. The molecule has 4 heteroatoms. The smallest absolute Gasteiger partial charge is 0.123 e. The van der Waals surface area contributed by atoms with Gasteiger partial charge in [-0.3, -0.25) is 4.90 Å². The Kier molecular flexibility index (Phi) is 11.2. The van der Waals surface area contributed by atoms with Gasteiger partial charge in [-0.2, -0.15) is 0 Å². The normalized spacial score (nSPS) is 16.6. The molecule has 2 atom stereocenters. The predicted molar refractivity (Wildman–Crippen MR) is 138 cm³/mol. The summed E-state index contributed by atoms with van der Waals surface area (Å²) in [4.78, 5) is 2.75. The van der Waals surface area contributed by atoms with Crippen molar-refractivity contribution in [2.75, 3.05) is 19.7 Å². The summed E-state index contributed by atoms with van der Waals surface area (Å²) in [7, 11) is 0. The molecule has 1 aliphatic rings. The van der Waals surface area contributed by atoms with Gasteiger partial charge < -0.3 is 15.2 Å². The van der Waals surface area contributed by atoms with Crippen molar-refractivity contribution in [1.29, 1.82) is 0 Å². The average molecular weight is 453 g/mol. The van der Waals surface area contributed by atoms with Gasteiger partial charge in [-0.15, -0.1) is 0 Å². The van der Waals surface area contributed by atoms with Crippen molar-refractivity contribution in [1.82, 2.24) is 10.2 Å². The zero-order valence-electron chi connectivity index (χ0n) is 20.7. The van der Waals surface area contributed by atoms with Gasteiger partial charge in [0.2, 0.25) is 0 Å². The second kappa shape index (κ2) is 14.4. The minimum atomic E-state index is -0.179.